The van der Waals surface area contributed by atoms with E-state index in [4.69, 9.17) is 4.74 Å². The molecule has 1 aromatic rings. The highest BCUT2D eigenvalue weighted by atomic mass is 16.5. The van der Waals surface area contributed by atoms with Crippen LogP contribution in [0.5, 0.6) is 0 Å². The fourth-order valence-corrected chi connectivity index (χ4v) is 3.33. The quantitative estimate of drug-likeness (QED) is 0.768. The predicted octanol–water partition coefficient (Wildman–Crippen LogP) is 1.94. The van der Waals surface area contributed by atoms with Crippen LogP contribution in [0.1, 0.15) is 34.3 Å². The molecule has 0 amide bonds. The van der Waals surface area contributed by atoms with Gasteiger partial charge in [-0.3, -0.25) is 0 Å². The van der Waals surface area contributed by atoms with Crippen molar-refractivity contribution in [1.82, 2.24) is 5.32 Å². The molecule has 1 aromatic carbocycles. The highest BCUT2D eigenvalue weighted by Crippen LogP contribution is 2.40. The molecule has 3 heteroatoms. The molecule has 1 spiro atoms. The SMILES string of the molecule is COC(=O)c1ccc2c(c1)C[C@]1(CCNC1)CC2. The van der Waals surface area contributed by atoms with Crippen LogP contribution in [0.3, 0.4) is 0 Å². The Morgan fingerprint density at radius 2 is 2.22 bits per heavy atom. The maximum atomic E-state index is 11.6. The number of aryl methyl sites for hydroxylation is 1. The number of esters is 1. The summed E-state index contributed by atoms with van der Waals surface area (Å²) < 4.78 is 4.79. The van der Waals surface area contributed by atoms with E-state index in [0.717, 1.165) is 25.9 Å². The Hall–Kier alpha value is -1.35. The van der Waals surface area contributed by atoms with Crippen LogP contribution >= 0.6 is 0 Å². The molecule has 0 bridgehead atoms. The normalized spacial score (nSPS) is 26.1. The number of nitrogens with one attached hydrogen (secondary N) is 1. The van der Waals surface area contributed by atoms with Crippen molar-refractivity contribution in [2.24, 2.45) is 5.41 Å². The molecule has 1 saturated heterocycles. The minimum atomic E-state index is -0.234. The van der Waals surface area contributed by atoms with Crippen LogP contribution < -0.4 is 5.32 Å². The summed E-state index contributed by atoms with van der Waals surface area (Å²) in [7, 11) is 1.43. The molecule has 1 atom stereocenters. The summed E-state index contributed by atoms with van der Waals surface area (Å²) in [5, 5.41) is 3.47. The molecule has 3 rings (SSSR count). The molecule has 1 aliphatic heterocycles. The lowest BCUT2D eigenvalue weighted by atomic mass is 9.71. The fourth-order valence-electron chi connectivity index (χ4n) is 3.33. The molecule has 96 valence electrons. The zero-order valence-corrected chi connectivity index (χ0v) is 10.8. The smallest absolute Gasteiger partial charge is 0.337 e. The van der Waals surface area contributed by atoms with Crippen molar-refractivity contribution in [3.8, 4) is 0 Å². The van der Waals surface area contributed by atoms with Gasteiger partial charge in [0.2, 0.25) is 0 Å². The highest BCUT2D eigenvalue weighted by Gasteiger charge is 2.37. The number of methoxy groups -OCH3 is 1. The number of benzene rings is 1. The molecule has 18 heavy (non-hydrogen) atoms. The van der Waals surface area contributed by atoms with E-state index in [1.807, 2.05) is 12.1 Å². The molecule has 0 unspecified atom stereocenters. The number of carbonyl (C=O) groups is 1. The van der Waals surface area contributed by atoms with Gasteiger partial charge in [-0.1, -0.05) is 6.07 Å². The van der Waals surface area contributed by atoms with E-state index in [-0.39, 0.29) is 5.97 Å². The van der Waals surface area contributed by atoms with Crippen molar-refractivity contribution in [2.75, 3.05) is 20.2 Å². The van der Waals surface area contributed by atoms with Crippen molar-refractivity contribution >= 4 is 5.97 Å². The summed E-state index contributed by atoms with van der Waals surface area (Å²) in [5.41, 5.74) is 3.86. The number of carbonyl (C=O) groups excluding carboxylic acids is 1. The average Bonchev–Trinajstić information content (AvgIpc) is 2.85. The van der Waals surface area contributed by atoms with Crippen LogP contribution in [0.4, 0.5) is 0 Å². The summed E-state index contributed by atoms with van der Waals surface area (Å²) in [6.07, 6.45) is 4.76. The number of ether oxygens (including phenoxy) is 1. The maximum absolute atomic E-state index is 11.6. The third-order valence-corrected chi connectivity index (χ3v) is 4.45. The molecule has 1 aliphatic carbocycles. The van der Waals surface area contributed by atoms with E-state index in [1.54, 1.807) is 0 Å². The predicted molar refractivity (Wildman–Crippen MR) is 69.7 cm³/mol. The number of hydrogen-bond donors (Lipinski definition) is 1. The van der Waals surface area contributed by atoms with Crippen LogP contribution in [0.15, 0.2) is 18.2 Å². The van der Waals surface area contributed by atoms with Gasteiger partial charge in [0.15, 0.2) is 0 Å². The second-order valence-electron chi connectivity index (χ2n) is 5.58. The largest absolute Gasteiger partial charge is 0.465 e. The van der Waals surface area contributed by atoms with Gasteiger partial charge >= 0.3 is 5.97 Å². The Labute approximate surface area is 108 Å². The zero-order valence-electron chi connectivity index (χ0n) is 10.8. The van der Waals surface area contributed by atoms with Gasteiger partial charge in [0, 0.05) is 6.54 Å². The fraction of sp³-hybridized carbons (Fsp3) is 0.533. The van der Waals surface area contributed by atoms with Gasteiger partial charge in [-0.25, -0.2) is 4.79 Å². The molecule has 1 heterocycles. The Morgan fingerprint density at radius 3 is 2.94 bits per heavy atom. The number of hydrogen-bond acceptors (Lipinski definition) is 3. The first-order valence-corrected chi connectivity index (χ1v) is 6.63. The van der Waals surface area contributed by atoms with Gasteiger partial charge in [-0.2, -0.15) is 0 Å². The lowest BCUT2D eigenvalue weighted by Gasteiger charge is -2.34. The van der Waals surface area contributed by atoms with Crippen molar-refractivity contribution < 1.29 is 9.53 Å². The van der Waals surface area contributed by atoms with E-state index >= 15 is 0 Å². The summed E-state index contributed by atoms with van der Waals surface area (Å²) in [6, 6.07) is 6.01. The topological polar surface area (TPSA) is 38.3 Å². The summed E-state index contributed by atoms with van der Waals surface area (Å²) in [4.78, 5) is 11.6. The third-order valence-electron chi connectivity index (χ3n) is 4.45. The molecular weight excluding hydrogens is 226 g/mol. The highest BCUT2D eigenvalue weighted by molar-refractivity contribution is 5.89. The molecule has 0 saturated carbocycles. The molecule has 3 nitrogen and oxygen atoms in total. The Bertz CT molecular complexity index is 475. The van der Waals surface area contributed by atoms with Gasteiger partial charge in [-0.05, 0) is 60.9 Å². The lowest BCUT2D eigenvalue weighted by molar-refractivity contribution is 0.0600. The van der Waals surface area contributed by atoms with E-state index in [0.29, 0.717) is 11.0 Å². The summed E-state index contributed by atoms with van der Waals surface area (Å²) in [5.74, 6) is -0.234. The number of fused-ring (bicyclic) bond motifs is 1. The molecule has 1 N–H and O–H groups in total. The second kappa shape index (κ2) is 4.39. The third kappa shape index (κ3) is 1.93. The van der Waals surface area contributed by atoms with Crippen molar-refractivity contribution in [2.45, 2.75) is 25.7 Å². The Morgan fingerprint density at radius 1 is 1.33 bits per heavy atom. The van der Waals surface area contributed by atoms with Gasteiger partial charge in [0.05, 0.1) is 12.7 Å². The Balaban J connectivity index is 1.91. The van der Waals surface area contributed by atoms with Gasteiger partial charge in [-0.15, -0.1) is 0 Å². The van der Waals surface area contributed by atoms with Gasteiger partial charge < -0.3 is 10.1 Å². The monoisotopic (exact) mass is 245 g/mol. The van der Waals surface area contributed by atoms with Crippen LogP contribution in [0.2, 0.25) is 0 Å². The number of rotatable bonds is 1. The first-order chi connectivity index (χ1) is 8.72. The van der Waals surface area contributed by atoms with E-state index in [1.165, 1.54) is 31.1 Å². The summed E-state index contributed by atoms with van der Waals surface area (Å²) in [6.45, 7) is 2.25. The van der Waals surface area contributed by atoms with Crippen molar-refractivity contribution in [3.63, 3.8) is 0 Å². The molecule has 1 fully saturated rings. The minimum absolute atomic E-state index is 0.234. The van der Waals surface area contributed by atoms with Gasteiger partial charge in [0.25, 0.3) is 0 Å². The zero-order chi connectivity index (χ0) is 12.6. The van der Waals surface area contributed by atoms with Crippen molar-refractivity contribution in [3.05, 3.63) is 34.9 Å². The first kappa shape index (κ1) is 11.7. The van der Waals surface area contributed by atoms with E-state index in [9.17, 15) is 4.79 Å². The van der Waals surface area contributed by atoms with Crippen LogP contribution in [0, 0.1) is 5.41 Å². The van der Waals surface area contributed by atoms with Crippen LogP contribution in [-0.2, 0) is 17.6 Å². The summed E-state index contributed by atoms with van der Waals surface area (Å²) >= 11 is 0. The van der Waals surface area contributed by atoms with Crippen LogP contribution in [-0.4, -0.2) is 26.2 Å². The lowest BCUT2D eigenvalue weighted by Crippen LogP contribution is -2.31. The average molecular weight is 245 g/mol. The maximum Gasteiger partial charge on any atom is 0.337 e. The van der Waals surface area contributed by atoms with Crippen LogP contribution in [0.25, 0.3) is 0 Å². The van der Waals surface area contributed by atoms with Crippen molar-refractivity contribution in [1.29, 1.82) is 0 Å². The second-order valence-corrected chi connectivity index (χ2v) is 5.58. The van der Waals surface area contributed by atoms with E-state index < -0.39 is 0 Å². The molecule has 0 aromatic heterocycles. The first-order valence-electron chi connectivity index (χ1n) is 6.63. The Kier molecular flexibility index (Phi) is 2.86. The van der Waals surface area contributed by atoms with E-state index in [2.05, 4.69) is 11.4 Å². The minimum Gasteiger partial charge on any atom is -0.465 e. The molecular formula is C15H19NO2. The molecule has 0 radical (unpaired) electrons. The van der Waals surface area contributed by atoms with Gasteiger partial charge in [0.1, 0.15) is 0 Å². The molecule has 2 aliphatic rings. The standard InChI is InChI=1S/C15H19NO2/c1-18-14(17)12-3-2-11-4-5-15(6-7-16-10-15)9-13(11)8-12/h2-3,8,16H,4-7,9-10H2,1H3/t15-/m1/s1.